The fourth-order valence-electron chi connectivity index (χ4n) is 3.49. The van der Waals surface area contributed by atoms with E-state index >= 15 is 0 Å². The maximum Gasteiger partial charge on any atom is 0.337 e. The van der Waals surface area contributed by atoms with Gasteiger partial charge >= 0.3 is 5.97 Å². The lowest BCUT2D eigenvalue weighted by Crippen LogP contribution is -2.24. The number of hydrogen-bond donors (Lipinski definition) is 1. The van der Waals surface area contributed by atoms with Gasteiger partial charge in [0.1, 0.15) is 0 Å². The van der Waals surface area contributed by atoms with Crippen LogP contribution in [0.3, 0.4) is 0 Å². The van der Waals surface area contributed by atoms with Crippen molar-refractivity contribution in [3.05, 3.63) is 62.6 Å². The number of hydrogen-bond acceptors (Lipinski definition) is 4. The maximum absolute atomic E-state index is 12.0. The van der Waals surface area contributed by atoms with Crippen molar-refractivity contribution >= 4 is 5.97 Å². The second kappa shape index (κ2) is 6.99. The fraction of sp³-hybridized carbons (Fsp3) is 0.421. The van der Waals surface area contributed by atoms with Crippen molar-refractivity contribution in [2.24, 2.45) is 0 Å². The summed E-state index contributed by atoms with van der Waals surface area (Å²) in [7, 11) is 1.38. The van der Waals surface area contributed by atoms with Gasteiger partial charge in [-0.3, -0.25) is 4.79 Å². The van der Waals surface area contributed by atoms with Gasteiger partial charge in [0.2, 0.25) is 0 Å². The Kier molecular flexibility index (Phi) is 4.79. The van der Waals surface area contributed by atoms with Crippen molar-refractivity contribution in [3.63, 3.8) is 0 Å². The van der Waals surface area contributed by atoms with Gasteiger partial charge in [0.15, 0.2) is 0 Å². The number of benzene rings is 1. The number of H-pyrrole nitrogens is 1. The highest BCUT2D eigenvalue weighted by Crippen LogP contribution is 2.27. The third-order valence-corrected chi connectivity index (χ3v) is 4.69. The number of fused-ring (bicyclic) bond motifs is 1. The van der Waals surface area contributed by atoms with Gasteiger partial charge in [0.05, 0.1) is 18.4 Å². The minimum Gasteiger partial charge on any atom is -0.465 e. The Bertz CT molecular complexity index is 810. The number of esters is 1. The summed E-state index contributed by atoms with van der Waals surface area (Å²) in [6.07, 6.45) is 4.69. The van der Waals surface area contributed by atoms with Gasteiger partial charge in [0, 0.05) is 11.5 Å². The molecule has 1 N–H and O–H groups in total. The van der Waals surface area contributed by atoms with Gasteiger partial charge in [-0.25, -0.2) is 9.89 Å². The molecule has 126 valence electrons. The Hall–Kier alpha value is -2.43. The second-order valence-corrected chi connectivity index (χ2v) is 6.40. The molecule has 0 aliphatic heterocycles. The number of rotatable bonds is 4. The lowest BCUT2D eigenvalue weighted by molar-refractivity contribution is 0.0600. The summed E-state index contributed by atoms with van der Waals surface area (Å²) in [4.78, 5) is 23.7. The van der Waals surface area contributed by atoms with Crippen LogP contribution in [-0.4, -0.2) is 23.3 Å². The van der Waals surface area contributed by atoms with Crippen LogP contribution in [0.15, 0.2) is 29.1 Å². The van der Waals surface area contributed by atoms with Gasteiger partial charge in [-0.15, -0.1) is 0 Å². The fourth-order valence-corrected chi connectivity index (χ4v) is 3.49. The van der Waals surface area contributed by atoms with Crippen LogP contribution in [0.4, 0.5) is 0 Å². The van der Waals surface area contributed by atoms with Gasteiger partial charge in [0.25, 0.3) is 5.56 Å². The highest BCUT2D eigenvalue weighted by Gasteiger charge is 2.21. The minimum absolute atomic E-state index is 0.0478. The first-order chi connectivity index (χ1) is 11.6. The molecule has 3 rings (SSSR count). The van der Waals surface area contributed by atoms with Crippen molar-refractivity contribution in [3.8, 4) is 0 Å². The van der Waals surface area contributed by atoms with E-state index in [1.807, 2.05) is 18.2 Å². The summed E-state index contributed by atoms with van der Waals surface area (Å²) in [5.74, 6) is -0.161. The van der Waals surface area contributed by atoms with Gasteiger partial charge in [-0.05, 0) is 55.4 Å². The molecule has 0 saturated heterocycles. The number of methoxy groups -OCH3 is 1. The molecule has 1 unspecified atom stereocenters. The predicted octanol–water partition coefficient (Wildman–Crippen LogP) is 2.78. The zero-order valence-electron chi connectivity index (χ0n) is 14.1. The molecule has 1 aromatic heterocycles. The Balaban J connectivity index is 1.87. The molecule has 1 aliphatic carbocycles. The first-order valence-electron chi connectivity index (χ1n) is 8.37. The van der Waals surface area contributed by atoms with Crippen LogP contribution >= 0.6 is 0 Å². The maximum atomic E-state index is 12.0. The number of nitrogens with one attached hydrogen (secondary N) is 1. The molecule has 24 heavy (non-hydrogen) atoms. The normalized spacial score (nSPS) is 14.8. The quantitative estimate of drug-likeness (QED) is 0.877. The number of carbonyl (C=O) groups is 1. The van der Waals surface area contributed by atoms with Crippen molar-refractivity contribution in [1.82, 2.24) is 10.2 Å². The first-order valence-corrected chi connectivity index (χ1v) is 8.37. The minimum atomic E-state index is -0.330. The Morgan fingerprint density at radius 1 is 1.29 bits per heavy atom. The van der Waals surface area contributed by atoms with Crippen LogP contribution in [0.25, 0.3) is 0 Å². The van der Waals surface area contributed by atoms with Crippen LogP contribution in [0.1, 0.15) is 58.4 Å². The van der Waals surface area contributed by atoms with Crippen LogP contribution in [0.2, 0.25) is 0 Å². The average Bonchev–Trinajstić information content (AvgIpc) is 2.61. The van der Waals surface area contributed by atoms with E-state index in [0.29, 0.717) is 5.56 Å². The standard InChI is InChI=1S/C19H22N2O3/c1-12(10-13-6-5-7-14(11-13)19(23)24-2)17-15-8-3-4-9-16(15)18(22)21-20-17/h5-7,11-12H,3-4,8-10H2,1-2H3,(H,21,22). The lowest BCUT2D eigenvalue weighted by atomic mass is 9.86. The highest BCUT2D eigenvalue weighted by molar-refractivity contribution is 5.89. The van der Waals surface area contributed by atoms with Gasteiger partial charge < -0.3 is 4.74 Å². The number of nitrogens with zero attached hydrogens (tertiary/aromatic N) is 1. The summed E-state index contributed by atoms with van der Waals surface area (Å²) in [5.41, 5.74) is 4.57. The first kappa shape index (κ1) is 16.4. The number of ether oxygens (including phenoxy) is 1. The third kappa shape index (κ3) is 3.25. The zero-order valence-corrected chi connectivity index (χ0v) is 14.1. The molecular formula is C19H22N2O3. The van der Waals surface area contributed by atoms with E-state index in [1.165, 1.54) is 7.11 Å². The molecule has 0 radical (unpaired) electrons. The summed E-state index contributed by atoms with van der Waals surface area (Å²) < 4.78 is 4.78. The SMILES string of the molecule is COC(=O)c1cccc(CC(C)c2n[nH]c(=O)c3c2CCCC3)c1. The van der Waals surface area contributed by atoms with Crippen LogP contribution < -0.4 is 5.56 Å². The Labute approximate surface area is 141 Å². The van der Waals surface area contributed by atoms with E-state index in [-0.39, 0.29) is 17.4 Å². The Morgan fingerprint density at radius 2 is 2.04 bits per heavy atom. The molecule has 1 atom stereocenters. The van der Waals surface area contributed by atoms with E-state index in [9.17, 15) is 9.59 Å². The van der Waals surface area contributed by atoms with Crippen molar-refractivity contribution < 1.29 is 9.53 Å². The zero-order chi connectivity index (χ0) is 17.1. The van der Waals surface area contributed by atoms with E-state index in [1.54, 1.807) is 6.07 Å². The molecule has 0 amide bonds. The van der Waals surface area contributed by atoms with Crippen LogP contribution in [0.5, 0.6) is 0 Å². The van der Waals surface area contributed by atoms with Gasteiger partial charge in [-0.1, -0.05) is 19.1 Å². The lowest BCUT2D eigenvalue weighted by Gasteiger charge is -2.21. The molecule has 0 saturated carbocycles. The van der Waals surface area contributed by atoms with Crippen molar-refractivity contribution in [2.75, 3.05) is 7.11 Å². The largest absolute Gasteiger partial charge is 0.465 e. The molecule has 1 heterocycles. The second-order valence-electron chi connectivity index (χ2n) is 6.40. The van der Waals surface area contributed by atoms with Crippen molar-refractivity contribution in [1.29, 1.82) is 0 Å². The molecular weight excluding hydrogens is 304 g/mol. The highest BCUT2D eigenvalue weighted by atomic mass is 16.5. The summed E-state index contributed by atoms with van der Waals surface area (Å²) in [6, 6.07) is 7.48. The molecule has 5 heteroatoms. The molecule has 1 aromatic carbocycles. The average molecular weight is 326 g/mol. The van der Waals surface area contributed by atoms with E-state index in [0.717, 1.165) is 54.5 Å². The molecule has 0 bridgehead atoms. The smallest absolute Gasteiger partial charge is 0.337 e. The molecule has 0 fully saturated rings. The topological polar surface area (TPSA) is 72.0 Å². The number of aromatic nitrogens is 2. The Morgan fingerprint density at radius 3 is 2.79 bits per heavy atom. The van der Waals surface area contributed by atoms with Crippen LogP contribution in [0, 0.1) is 0 Å². The van der Waals surface area contributed by atoms with Gasteiger partial charge in [-0.2, -0.15) is 5.10 Å². The third-order valence-electron chi connectivity index (χ3n) is 4.69. The molecule has 1 aliphatic rings. The summed E-state index contributed by atoms with van der Waals surface area (Å²) in [6.45, 7) is 2.11. The number of aromatic amines is 1. The predicted molar refractivity (Wildman–Crippen MR) is 91.4 cm³/mol. The van der Waals surface area contributed by atoms with E-state index < -0.39 is 0 Å². The van der Waals surface area contributed by atoms with E-state index in [2.05, 4.69) is 17.1 Å². The summed E-state index contributed by atoms with van der Waals surface area (Å²) >= 11 is 0. The van der Waals surface area contributed by atoms with Crippen LogP contribution in [-0.2, 0) is 24.0 Å². The molecule has 2 aromatic rings. The molecule has 5 nitrogen and oxygen atoms in total. The summed E-state index contributed by atoms with van der Waals surface area (Å²) in [5, 5.41) is 6.99. The molecule has 0 spiro atoms. The van der Waals surface area contributed by atoms with E-state index in [4.69, 9.17) is 4.74 Å². The monoisotopic (exact) mass is 326 g/mol. The van der Waals surface area contributed by atoms with Crippen molar-refractivity contribution in [2.45, 2.75) is 44.9 Å². The number of carbonyl (C=O) groups excluding carboxylic acids is 1.